The number of nitrogens with zero attached hydrogens (tertiary/aromatic N) is 3. The van der Waals surface area contributed by atoms with E-state index in [1.165, 1.54) is 18.4 Å². The molecule has 2 aromatic heterocycles. The van der Waals surface area contributed by atoms with Gasteiger partial charge in [-0.25, -0.2) is 18.4 Å². The normalized spacial score (nSPS) is 13.7. The fraction of sp³-hybridized carbons (Fsp3) is 0.250. The van der Waals surface area contributed by atoms with E-state index in [4.69, 9.17) is 0 Å². The van der Waals surface area contributed by atoms with Crippen molar-refractivity contribution in [3.63, 3.8) is 0 Å². The summed E-state index contributed by atoms with van der Waals surface area (Å²) in [5.41, 5.74) is 4.89. The van der Waals surface area contributed by atoms with Crippen LogP contribution in [0, 0.1) is 13.8 Å². The number of nitrogens with one attached hydrogen (secondary N) is 2. The fourth-order valence-electron chi connectivity index (χ4n) is 3.68. The van der Waals surface area contributed by atoms with Crippen LogP contribution in [-0.2, 0) is 16.4 Å². The standard InChI is InChI=1S/C20H21N5O3S/c1-12-17(13(2)25-11-10-21-19(26)18(12)25)16-8-9-22-20(24-16)23-14-4-6-15(7-5-14)29(3,27)28/h4-9H,10-11H2,1-3H3,(H,21,26)(H,22,23,24). The quantitative estimate of drug-likeness (QED) is 0.683. The SMILES string of the molecule is Cc1c(-c2ccnc(Nc3ccc(S(C)(=O)=O)cc3)n2)c(C)n2c1C(=O)NCC2. The highest BCUT2D eigenvalue weighted by Gasteiger charge is 2.26. The van der Waals surface area contributed by atoms with Crippen LogP contribution < -0.4 is 10.6 Å². The molecule has 0 fully saturated rings. The van der Waals surface area contributed by atoms with Crippen molar-refractivity contribution in [1.82, 2.24) is 19.9 Å². The highest BCUT2D eigenvalue weighted by Crippen LogP contribution is 2.32. The molecule has 0 saturated carbocycles. The van der Waals surface area contributed by atoms with E-state index in [9.17, 15) is 13.2 Å². The molecule has 0 aliphatic carbocycles. The zero-order chi connectivity index (χ0) is 20.8. The first kappa shape index (κ1) is 19.1. The molecule has 3 aromatic rings. The predicted molar refractivity (Wildman–Crippen MR) is 110 cm³/mol. The average Bonchev–Trinajstić information content (AvgIpc) is 2.93. The summed E-state index contributed by atoms with van der Waals surface area (Å²) in [6.07, 6.45) is 2.83. The number of benzene rings is 1. The molecule has 0 spiro atoms. The number of carbonyl (C=O) groups is 1. The summed E-state index contributed by atoms with van der Waals surface area (Å²) in [6, 6.07) is 8.23. The third-order valence-electron chi connectivity index (χ3n) is 5.05. The van der Waals surface area contributed by atoms with Crippen LogP contribution in [0.3, 0.4) is 0 Å². The molecule has 3 heterocycles. The van der Waals surface area contributed by atoms with Crippen LogP contribution >= 0.6 is 0 Å². The van der Waals surface area contributed by atoms with Crippen LogP contribution in [0.5, 0.6) is 0 Å². The lowest BCUT2D eigenvalue weighted by atomic mass is 10.1. The Morgan fingerprint density at radius 1 is 1.14 bits per heavy atom. The number of hydrogen-bond donors (Lipinski definition) is 2. The van der Waals surface area contributed by atoms with Gasteiger partial charge in [0.2, 0.25) is 5.95 Å². The molecule has 29 heavy (non-hydrogen) atoms. The third kappa shape index (κ3) is 3.49. The molecule has 2 N–H and O–H groups in total. The number of sulfone groups is 1. The summed E-state index contributed by atoms with van der Waals surface area (Å²) in [5, 5.41) is 5.98. The maximum Gasteiger partial charge on any atom is 0.268 e. The minimum absolute atomic E-state index is 0.0681. The van der Waals surface area contributed by atoms with Crippen molar-refractivity contribution in [2.75, 3.05) is 18.1 Å². The van der Waals surface area contributed by atoms with Gasteiger partial charge in [0.15, 0.2) is 9.84 Å². The topological polar surface area (TPSA) is 106 Å². The van der Waals surface area contributed by atoms with Gasteiger partial charge in [0.25, 0.3) is 5.91 Å². The van der Waals surface area contributed by atoms with E-state index in [2.05, 4.69) is 20.6 Å². The van der Waals surface area contributed by atoms with Gasteiger partial charge in [-0.1, -0.05) is 0 Å². The molecule has 0 unspecified atom stereocenters. The van der Waals surface area contributed by atoms with Crippen molar-refractivity contribution in [1.29, 1.82) is 0 Å². The van der Waals surface area contributed by atoms with Crippen molar-refractivity contribution in [2.45, 2.75) is 25.3 Å². The molecule has 1 aromatic carbocycles. The van der Waals surface area contributed by atoms with Crippen molar-refractivity contribution >= 4 is 27.4 Å². The third-order valence-corrected chi connectivity index (χ3v) is 6.18. The molecule has 1 aliphatic heterocycles. The maximum atomic E-state index is 12.3. The zero-order valence-corrected chi connectivity index (χ0v) is 17.2. The average molecular weight is 411 g/mol. The van der Waals surface area contributed by atoms with Crippen LogP contribution in [0.2, 0.25) is 0 Å². The highest BCUT2D eigenvalue weighted by molar-refractivity contribution is 7.90. The van der Waals surface area contributed by atoms with Crippen molar-refractivity contribution in [2.24, 2.45) is 0 Å². The van der Waals surface area contributed by atoms with Gasteiger partial charge in [0, 0.05) is 42.5 Å². The van der Waals surface area contributed by atoms with Crippen LogP contribution in [0.15, 0.2) is 41.4 Å². The lowest BCUT2D eigenvalue weighted by Crippen LogP contribution is -2.35. The van der Waals surface area contributed by atoms with Crippen molar-refractivity contribution < 1.29 is 13.2 Å². The largest absolute Gasteiger partial charge is 0.349 e. The van der Waals surface area contributed by atoms with Crippen LogP contribution in [-0.4, -0.2) is 41.7 Å². The lowest BCUT2D eigenvalue weighted by Gasteiger charge is -2.17. The summed E-state index contributed by atoms with van der Waals surface area (Å²) in [7, 11) is -3.25. The molecule has 0 saturated heterocycles. The van der Waals surface area contributed by atoms with E-state index in [0.717, 1.165) is 29.1 Å². The zero-order valence-electron chi connectivity index (χ0n) is 16.4. The van der Waals surface area contributed by atoms with E-state index >= 15 is 0 Å². The summed E-state index contributed by atoms with van der Waals surface area (Å²) in [4.78, 5) is 21.4. The molecular formula is C20H21N5O3S. The number of hydrogen-bond acceptors (Lipinski definition) is 6. The van der Waals surface area contributed by atoms with E-state index < -0.39 is 9.84 Å². The molecule has 4 rings (SSSR count). The van der Waals surface area contributed by atoms with Gasteiger partial charge in [-0.15, -0.1) is 0 Å². The Morgan fingerprint density at radius 3 is 2.52 bits per heavy atom. The lowest BCUT2D eigenvalue weighted by molar-refractivity contribution is 0.0926. The summed E-state index contributed by atoms with van der Waals surface area (Å²) >= 11 is 0. The second kappa shape index (κ2) is 7.00. The number of aromatic nitrogens is 3. The summed E-state index contributed by atoms with van der Waals surface area (Å²) in [5.74, 6) is 0.323. The fourth-order valence-corrected chi connectivity index (χ4v) is 4.31. The van der Waals surface area contributed by atoms with E-state index in [-0.39, 0.29) is 10.8 Å². The van der Waals surface area contributed by atoms with Gasteiger partial charge in [-0.2, -0.15) is 0 Å². The first-order chi connectivity index (χ1) is 13.8. The smallest absolute Gasteiger partial charge is 0.268 e. The Bertz CT molecular complexity index is 1210. The predicted octanol–water partition coefficient (Wildman–Crippen LogP) is 2.45. The Hall–Kier alpha value is -3.20. The Labute approximate surface area is 168 Å². The highest BCUT2D eigenvalue weighted by atomic mass is 32.2. The molecule has 0 atom stereocenters. The van der Waals surface area contributed by atoms with E-state index in [0.29, 0.717) is 23.9 Å². The molecule has 0 bridgehead atoms. The minimum atomic E-state index is -3.25. The molecule has 8 nitrogen and oxygen atoms in total. The monoisotopic (exact) mass is 411 g/mol. The van der Waals surface area contributed by atoms with Crippen LogP contribution in [0.25, 0.3) is 11.3 Å². The Morgan fingerprint density at radius 2 is 1.86 bits per heavy atom. The molecule has 1 amide bonds. The van der Waals surface area contributed by atoms with Gasteiger partial charge in [0.05, 0.1) is 10.6 Å². The molecule has 0 radical (unpaired) electrons. The number of rotatable bonds is 4. The minimum Gasteiger partial charge on any atom is -0.349 e. The van der Waals surface area contributed by atoms with Crippen molar-refractivity contribution in [3.05, 3.63) is 53.5 Å². The molecule has 150 valence electrons. The van der Waals surface area contributed by atoms with Gasteiger partial charge in [0.1, 0.15) is 5.69 Å². The van der Waals surface area contributed by atoms with Gasteiger partial charge in [-0.3, -0.25) is 4.79 Å². The Kier molecular flexibility index (Phi) is 4.62. The van der Waals surface area contributed by atoms with Gasteiger partial charge < -0.3 is 15.2 Å². The van der Waals surface area contributed by atoms with Crippen LogP contribution in [0.1, 0.15) is 21.7 Å². The maximum absolute atomic E-state index is 12.3. The number of amides is 1. The van der Waals surface area contributed by atoms with Crippen LogP contribution in [0.4, 0.5) is 11.6 Å². The van der Waals surface area contributed by atoms with Gasteiger partial charge >= 0.3 is 0 Å². The second-order valence-electron chi connectivity index (χ2n) is 7.03. The first-order valence-electron chi connectivity index (χ1n) is 9.14. The molecule has 1 aliphatic rings. The van der Waals surface area contributed by atoms with E-state index in [1.807, 2.05) is 24.5 Å². The molecular weight excluding hydrogens is 390 g/mol. The first-order valence-corrected chi connectivity index (χ1v) is 11.0. The number of carbonyl (C=O) groups excluding carboxylic acids is 1. The molecule has 9 heteroatoms. The van der Waals surface area contributed by atoms with E-state index in [1.54, 1.807) is 18.3 Å². The Balaban J connectivity index is 1.68. The number of anilines is 2. The summed E-state index contributed by atoms with van der Waals surface area (Å²) in [6.45, 7) is 5.26. The second-order valence-corrected chi connectivity index (χ2v) is 9.04. The van der Waals surface area contributed by atoms with Crippen molar-refractivity contribution in [3.8, 4) is 11.3 Å². The van der Waals surface area contributed by atoms with Gasteiger partial charge in [-0.05, 0) is 49.7 Å². The number of fused-ring (bicyclic) bond motifs is 1. The summed E-state index contributed by atoms with van der Waals surface area (Å²) < 4.78 is 25.2.